The maximum absolute atomic E-state index is 10.6. The Labute approximate surface area is 528 Å². The van der Waals surface area contributed by atoms with Crippen molar-refractivity contribution >= 4 is 74.8 Å². The second-order valence-electron chi connectivity index (χ2n) is 18.6. The zero-order valence-corrected chi connectivity index (χ0v) is 58.4. The first-order valence-corrected chi connectivity index (χ1v) is 35.9. The van der Waals surface area contributed by atoms with Gasteiger partial charge in [-0.05, 0) is 141 Å². The summed E-state index contributed by atoms with van der Waals surface area (Å²) in [6, 6.07) is 35.0. The van der Waals surface area contributed by atoms with Gasteiger partial charge in [0.05, 0.1) is 0 Å². The van der Waals surface area contributed by atoms with Crippen molar-refractivity contribution in [2.75, 3.05) is 73.9 Å². The molecule has 436 valence electrons. The molecule has 0 aliphatic carbocycles. The molecule has 0 atom stereocenters. The molecule has 0 aromatic heterocycles. The van der Waals surface area contributed by atoms with E-state index in [4.69, 9.17) is 25.7 Å². The van der Waals surface area contributed by atoms with Crippen LogP contribution in [0.15, 0.2) is 121 Å². The van der Waals surface area contributed by atoms with Crippen molar-refractivity contribution in [1.82, 2.24) is 0 Å². The molecule has 4 N–H and O–H groups in total. The van der Waals surface area contributed by atoms with E-state index in [9.17, 15) is 20.4 Å². The molecule has 0 fully saturated rings. The molecule has 0 aliphatic rings. The van der Waals surface area contributed by atoms with E-state index in [-0.39, 0.29) is 65.1 Å². The monoisotopic (exact) mass is 1530 g/mol. The van der Waals surface area contributed by atoms with E-state index < -0.39 is 0 Å². The molecular weight excluding hydrogens is 1440 g/mol. The molecule has 8 aromatic rings. The first-order chi connectivity index (χ1) is 38.6. The Kier molecular flexibility index (Phi) is 37.3. The van der Waals surface area contributed by atoms with Crippen LogP contribution >= 0.6 is 31.7 Å². The molecule has 0 aliphatic heterocycles. The Hall–Kier alpha value is -4.66. The van der Waals surface area contributed by atoms with E-state index in [0.717, 1.165) is 43.1 Å². The van der Waals surface area contributed by atoms with E-state index >= 15 is 0 Å². The Morgan fingerprint density at radius 2 is 0.427 bits per heavy atom. The predicted octanol–water partition coefficient (Wildman–Crippen LogP) is 20.0. The number of benzene rings is 8. The average molecular weight is 1530 g/mol. The molecule has 0 saturated heterocycles. The van der Waals surface area contributed by atoms with Crippen LogP contribution in [0.5, 0.6) is 23.0 Å². The first-order valence-electron chi connectivity index (χ1n) is 28.3. The Balaban J connectivity index is 0.000000556. The van der Waals surface area contributed by atoms with Crippen LogP contribution in [0.25, 0.3) is 65.3 Å². The quantitative estimate of drug-likeness (QED) is 0.0497. The van der Waals surface area contributed by atoms with Crippen LogP contribution in [0, 0.1) is 49.4 Å². The minimum absolute atomic E-state index is 0. The summed E-state index contributed by atoms with van der Waals surface area (Å²) in [5.41, 5.74) is 4.71. The van der Waals surface area contributed by atoms with Crippen LogP contribution in [0.4, 0.5) is 0 Å². The number of hydrogen-bond donors (Lipinski definition) is 4. The molecule has 0 spiro atoms. The third kappa shape index (κ3) is 21.4. The molecule has 10 heteroatoms. The summed E-state index contributed by atoms with van der Waals surface area (Å²) in [7, 11) is 1.78. The maximum atomic E-state index is 10.6. The Morgan fingerprint density at radius 3 is 0.549 bits per heavy atom. The zero-order chi connectivity index (χ0) is 59.3. The van der Waals surface area contributed by atoms with Crippen molar-refractivity contribution in [3.8, 4) is 68.9 Å². The second kappa shape index (κ2) is 40.6. The van der Waals surface area contributed by atoms with Crippen LogP contribution in [-0.4, -0.2) is 94.4 Å². The number of rotatable bonds is 14. The van der Waals surface area contributed by atoms with Gasteiger partial charge in [-0.2, -0.15) is 0 Å². The standard InChI is InChI=1S/2C24H12O2.4C6H15P.2Pt/c2*1-3-15-5-9-19-17(13-15)7-11-21(25)23(19)24-20-10-6-16(4-2)14-18(20)8-12-22(24)26;4*1-4-7(5-2)6-3;;/h2*5-14,25-26H;4*4-6H2,1-3H3;;/q2*-2;;;;;2*+2. The summed E-state index contributed by atoms with van der Waals surface area (Å²) >= 11 is 0. The van der Waals surface area contributed by atoms with Gasteiger partial charge in [-0.15, -0.1) is 102 Å². The largest absolute Gasteiger partial charge is 2.00 e. The minimum Gasteiger partial charge on any atom is -0.507 e. The smallest absolute Gasteiger partial charge is 0.507 e. The molecule has 0 saturated carbocycles. The third-order valence-electron chi connectivity index (χ3n) is 14.4. The van der Waals surface area contributed by atoms with Gasteiger partial charge in [-0.3, -0.25) is 23.7 Å². The van der Waals surface area contributed by atoms with Gasteiger partial charge in [0.25, 0.3) is 0 Å². The molecule has 0 radical (unpaired) electrons. The summed E-state index contributed by atoms with van der Waals surface area (Å²) in [6.07, 6.45) is 46.2. The summed E-state index contributed by atoms with van der Waals surface area (Å²) in [6.45, 7) is 27.5. The number of fused-ring (bicyclic) bond motifs is 4. The van der Waals surface area contributed by atoms with Gasteiger partial charge in [0.15, 0.2) is 0 Å². The van der Waals surface area contributed by atoms with Crippen molar-refractivity contribution in [1.29, 1.82) is 0 Å². The fourth-order valence-electron chi connectivity index (χ4n) is 9.32. The van der Waals surface area contributed by atoms with Crippen molar-refractivity contribution in [2.24, 2.45) is 0 Å². The first kappa shape index (κ1) is 75.3. The summed E-state index contributed by atoms with van der Waals surface area (Å²) in [4.78, 5) is 0. The van der Waals surface area contributed by atoms with Gasteiger partial charge in [0.2, 0.25) is 0 Å². The predicted molar refractivity (Wildman–Crippen MR) is 360 cm³/mol. The fraction of sp³-hybridized carbons (Fsp3) is 0.333. The number of aromatic hydroxyl groups is 4. The maximum Gasteiger partial charge on any atom is 2.00 e. The van der Waals surface area contributed by atoms with E-state index in [1.807, 2.05) is 48.5 Å². The minimum atomic E-state index is 0. The number of hydrogen-bond acceptors (Lipinski definition) is 4. The van der Waals surface area contributed by atoms with E-state index in [0.29, 0.717) is 76.2 Å². The Bertz CT molecular complexity index is 2930. The summed E-state index contributed by atoms with van der Waals surface area (Å²) in [5.74, 6) is 9.70. The van der Waals surface area contributed by atoms with Gasteiger partial charge in [-0.1, -0.05) is 132 Å². The normalized spacial score (nSPS) is 10.2. The van der Waals surface area contributed by atoms with Gasteiger partial charge in [-0.25, -0.2) is 0 Å². The number of phenols is 4. The van der Waals surface area contributed by atoms with Crippen LogP contribution in [-0.2, 0) is 42.1 Å². The zero-order valence-electron chi connectivity index (χ0n) is 50.2. The summed E-state index contributed by atoms with van der Waals surface area (Å²) < 4.78 is 0. The molecule has 82 heavy (non-hydrogen) atoms. The average Bonchev–Trinajstić information content (AvgIpc) is 3.54. The molecule has 4 nitrogen and oxygen atoms in total. The number of phenolic OH excluding ortho intramolecular Hbond substituents is 4. The third-order valence-corrected chi connectivity index (χ3v) is 25.2. The summed E-state index contributed by atoms with van der Waals surface area (Å²) in [5, 5.41) is 48.7. The van der Waals surface area contributed by atoms with Crippen LogP contribution in [0.3, 0.4) is 0 Å². The van der Waals surface area contributed by atoms with Gasteiger partial charge in [0.1, 0.15) is 23.0 Å². The Morgan fingerprint density at radius 1 is 0.268 bits per heavy atom. The SMILES string of the molecule is CCP(CC)CC.CCP(CC)CC.CCP(CC)CC.CCP(CC)CC.[C-]#Cc1ccc2c(-c3c(O)ccc4cc(C#[C-])ccc34)c(O)ccc2c1.[C-]#Cc1ccc2c(-c3c(O)ccc4cc(C#[C-])ccc34)c(O)ccc2c1.[Pt+2].[Pt+2]. The van der Waals surface area contributed by atoms with E-state index in [1.54, 1.807) is 72.8 Å². The van der Waals surface area contributed by atoms with E-state index in [1.165, 1.54) is 73.9 Å². The molecule has 8 aromatic carbocycles. The van der Waals surface area contributed by atoms with Crippen molar-refractivity contribution < 1.29 is 62.6 Å². The second-order valence-corrected chi connectivity index (χ2v) is 31.5. The van der Waals surface area contributed by atoms with Crippen molar-refractivity contribution in [3.63, 3.8) is 0 Å². The van der Waals surface area contributed by atoms with E-state index in [2.05, 4.69) is 107 Å². The van der Waals surface area contributed by atoms with Crippen molar-refractivity contribution in [2.45, 2.75) is 83.1 Å². The molecule has 8 rings (SSSR count). The van der Waals surface area contributed by atoms with Crippen LogP contribution < -0.4 is 0 Å². The van der Waals surface area contributed by atoms with Crippen LogP contribution in [0.1, 0.15) is 105 Å². The van der Waals surface area contributed by atoms with Gasteiger partial charge in [0, 0.05) is 22.3 Å². The molecule has 0 unspecified atom stereocenters. The van der Waals surface area contributed by atoms with Gasteiger partial charge < -0.3 is 46.1 Å². The van der Waals surface area contributed by atoms with Crippen LogP contribution in [0.2, 0.25) is 0 Å². The van der Waals surface area contributed by atoms with Gasteiger partial charge >= 0.3 is 42.1 Å². The topological polar surface area (TPSA) is 80.9 Å². The molecular formula is C72H84O4P4Pt2. The molecule has 0 bridgehead atoms. The molecule has 0 heterocycles. The van der Waals surface area contributed by atoms with Crippen molar-refractivity contribution in [3.05, 3.63) is 169 Å². The molecule has 0 amide bonds. The fourth-order valence-corrected chi connectivity index (χ4v) is 14.7.